The van der Waals surface area contributed by atoms with Gasteiger partial charge in [0.05, 0.1) is 5.56 Å². The van der Waals surface area contributed by atoms with Gasteiger partial charge >= 0.3 is 0 Å². The van der Waals surface area contributed by atoms with Gasteiger partial charge in [-0.3, -0.25) is 4.79 Å². The van der Waals surface area contributed by atoms with Crippen molar-refractivity contribution in [3.8, 4) is 0 Å². The zero-order valence-corrected chi connectivity index (χ0v) is 13.9. The first kappa shape index (κ1) is 17.5. The van der Waals surface area contributed by atoms with Gasteiger partial charge in [-0.2, -0.15) is 0 Å². The number of pyridine rings is 1. The lowest BCUT2D eigenvalue weighted by atomic mass is 10.1. The number of hydrogen-bond acceptors (Lipinski definition) is 3. The molecule has 3 rings (SSSR count). The predicted molar refractivity (Wildman–Crippen MR) is 97.2 cm³/mol. The molecule has 0 aliphatic heterocycles. The lowest BCUT2D eigenvalue weighted by Gasteiger charge is -2.08. The quantitative estimate of drug-likeness (QED) is 0.696. The number of halogens is 2. The number of aromatic nitrogens is 1. The van der Waals surface area contributed by atoms with Gasteiger partial charge in [0.25, 0.3) is 5.91 Å². The largest absolute Gasteiger partial charge is 0.370 e. The zero-order valence-electron chi connectivity index (χ0n) is 13.9. The molecule has 0 atom stereocenters. The monoisotopic (exact) mass is 353 g/mol. The summed E-state index contributed by atoms with van der Waals surface area (Å²) in [6.45, 7) is 0.523. The number of nitrogens with one attached hydrogen (secondary N) is 2. The molecule has 4 nitrogen and oxygen atoms in total. The van der Waals surface area contributed by atoms with Gasteiger partial charge in [-0.1, -0.05) is 18.2 Å². The highest BCUT2D eigenvalue weighted by atomic mass is 19.1. The molecule has 26 heavy (non-hydrogen) atoms. The Bertz CT molecular complexity index is 880. The van der Waals surface area contributed by atoms with E-state index in [9.17, 15) is 13.6 Å². The standard InChI is InChI=1S/C20H17F2N3O/c21-16-6-8-17(9-7-16)25-20(26)15-5-10-19(24-13-15)23-12-11-14-3-1-2-4-18(14)22/h1-10,13H,11-12H2,(H,23,24)(H,25,26). The molecule has 1 aromatic heterocycles. The average Bonchev–Trinajstić information content (AvgIpc) is 2.66. The van der Waals surface area contributed by atoms with Crippen LogP contribution in [0.25, 0.3) is 0 Å². The van der Waals surface area contributed by atoms with Crippen molar-refractivity contribution >= 4 is 17.4 Å². The number of hydrogen-bond donors (Lipinski definition) is 2. The van der Waals surface area contributed by atoms with Gasteiger partial charge in [-0.05, 0) is 54.4 Å². The van der Waals surface area contributed by atoms with Crippen LogP contribution in [0.15, 0.2) is 66.9 Å². The Hall–Kier alpha value is -3.28. The van der Waals surface area contributed by atoms with E-state index in [1.807, 2.05) is 0 Å². The van der Waals surface area contributed by atoms with Crippen molar-refractivity contribution < 1.29 is 13.6 Å². The number of carbonyl (C=O) groups excluding carboxylic acids is 1. The van der Waals surface area contributed by atoms with Crippen LogP contribution in [0.4, 0.5) is 20.3 Å². The third kappa shape index (κ3) is 4.63. The molecule has 1 heterocycles. The number of anilines is 2. The van der Waals surface area contributed by atoms with Crippen molar-refractivity contribution in [1.82, 2.24) is 4.98 Å². The fourth-order valence-corrected chi connectivity index (χ4v) is 2.40. The minimum Gasteiger partial charge on any atom is -0.370 e. The van der Waals surface area contributed by atoms with Crippen molar-refractivity contribution in [2.45, 2.75) is 6.42 Å². The lowest BCUT2D eigenvalue weighted by Crippen LogP contribution is -2.13. The Morgan fingerprint density at radius 2 is 1.73 bits per heavy atom. The van der Waals surface area contributed by atoms with Crippen molar-refractivity contribution in [3.63, 3.8) is 0 Å². The van der Waals surface area contributed by atoms with Gasteiger partial charge in [0.2, 0.25) is 0 Å². The van der Waals surface area contributed by atoms with E-state index in [0.717, 1.165) is 0 Å². The summed E-state index contributed by atoms with van der Waals surface area (Å²) in [6, 6.07) is 15.5. The molecule has 0 radical (unpaired) electrons. The first-order valence-electron chi connectivity index (χ1n) is 8.12. The summed E-state index contributed by atoms with van der Waals surface area (Å²) in [7, 11) is 0. The third-order valence-electron chi connectivity index (χ3n) is 3.79. The molecule has 3 aromatic rings. The van der Waals surface area contributed by atoms with Gasteiger partial charge in [0, 0.05) is 18.4 Å². The van der Waals surface area contributed by atoms with Crippen LogP contribution >= 0.6 is 0 Å². The van der Waals surface area contributed by atoms with Crippen LogP contribution < -0.4 is 10.6 Å². The summed E-state index contributed by atoms with van der Waals surface area (Å²) >= 11 is 0. The summed E-state index contributed by atoms with van der Waals surface area (Å²) in [6.07, 6.45) is 1.98. The number of nitrogens with zero attached hydrogens (tertiary/aromatic N) is 1. The second-order valence-corrected chi connectivity index (χ2v) is 5.66. The minimum absolute atomic E-state index is 0.227. The van der Waals surface area contributed by atoms with E-state index in [1.165, 1.54) is 36.5 Å². The van der Waals surface area contributed by atoms with Crippen LogP contribution in [0.3, 0.4) is 0 Å². The van der Waals surface area contributed by atoms with Gasteiger partial charge in [-0.25, -0.2) is 13.8 Å². The molecule has 1 amide bonds. The summed E-state index contributed by atoms with van der Waals surface area (Å²) in [4.78, 5) is 16.3. The molecule has 2 N–H and O–H groups in total. The molecular weight excluding hydrogens is 336 g/mol. The molecular formula is C20H17F2N3O. The molecule has 0 unspecified atom stereocenters. The van der Waals surface area contributed by atoms with Crippen molar-refractivity contribution in [3.05, 3.63) is 89.6 Å². The van der Waals surface area contributed by atoms with Crippen LogP contribution in [0.2, 0.25) is 0 Å². The van der Waals surface area contributed by atoms with Gasteiger partial charge in [0.15, 0.2) is 0 Å². The highest BCUT2D eigenvalue weighted by Gasteiger charge is 2.07. The SMILES string of the molecule is O=C(Nc1ccc(F)cc1)c1ccc(NCCc2ccccc2F)nc1. The summed E-state index contributed by atoms with van der Waals surface area (Å²) in [5.74, 6) is -0.327. The van der Waals surface area contributed by atoms with E-state index in [-0.39, 0.29) is 17.5 Å². The smallest absolute Gasteiger partial charge is 0.257 e. The first-order valence-corrected chi connectivity index (χ1v) is 8.12. The molecule has 6 heteroatoms. The summed E-state index contributed by atoms with van der Waals surface area (Å²) in [5.41, 5.74) is 1.52. The summed E-state index contributed by atoms with van der Waals surface area (Å²) < 4.78 is 26.4. The molecule has 2 aromatic carbocycles. The number of rotatable bonds is 6. The molecule has 0 aliphatic rings. The fraction of sp³-hybridized carbons (Fsp3) is 0.100. The summed E-state index contributed by atoms with van der Waals surface area (Å²) in [5, 5.41) is 5.76. The Morgan fingerprint density at radius 3 is 2.42 bits per heavy atom. The van der Waals surface area contributed by atoms with E-state index in [4.69, 9.17) is 0 Å². The van der Waals surface area contributed by atoms with Gasteiger partial charge < -0.3 is 10.6 Å². The average molecular weight is 353 g/mol. The Kier molecular flexibility index (Phi) is 5.53. The van der Waals surface area contributed by atoms with Crippen LogP contribution in [-0.2, 0) is 6.42 Å². The maximum atomic E-state index is 13.5. The minimum atomic E-state index is -0.365. The number of amides is 1. The van der Waals surface area contributed by atoms with E-state index in [1.54, 1.807) is 30.3 Å². The number of benzene rings is 2. The second kappa shape index (κ2) is 8.20. The molecule has 0 bridgehead atoms. The Morgan fingerprint density at radius 1 is 0.962 bits per heavy atom. The topological polar surface area (TPSA) is 54.0 Å². The van der Waals surface area contributed by atoms with Crippen LogP contribution in [0.5, 0.6) is 0 Å². The van der Waals surface area contributed by atoms with Crippen LogP contribution in [0.1, 0.15) is 15.9 Å². The van der Waals surface area contributed by atoms with E-state index in [0.29, 0.717) is 35.6 Å². The van der Waals surface area contributed by atoms with Crippen molar-refractivity contribution in [2.24, 2.45) is 0 Å². The van der Waals surface area contributed by atoms with Crippen LogP contribution in [-0.4, -0.2) is 17.4 Å². The second-order valence-electron chi connectivity index (χ2n) is 5.66. The van der Waals surface area contributed by atoms with Crippen LogP contribution in [0, 0.1) is 11.6 Å². The van der Waals surface area contributed by atoms with E-state index >= 15 is 0 Å². The maximum Gasteiger partial charge on any atom is 0.257 e. The Balaban J connectivity index is 1.53. The van der Waals surface area contributed by atoms with Gasteiger partial charge in [-0.15, -0.1) is 0 Å². The van der Waals surface area contributed by atoms with E-state index in [2.05, 4.69) is 15.6 Å². The fourth-order valence-electron chi connectivity index (χ4n) is 2.40. The predicted octanol–water partition coefficient (Wildman–Crippen LogP) is 4.27. The highest BCUT2D eigenvalue weighted by molar-refractivity contribution is 6.04. The molecule has 0 fully saturated rings. The molecule has 0 spiro atoms. The maximum absolute atomic E-state index is 13.5. The first-order chi connectivity index (χ1) is 12.6. The Labute approximate surface area is 149 Å². The molecule has 0 aliphatic carbocycles. The van der Waals surface area contributed by atoms with Gasteiger partial charge in [0.1, 0.15) is 17.5 Å². The number of carbonyl (C=O) groups is 1. The lowest BCUT2D eigenvalue weighted by molar-refractivity contribution is 0.102. The zero-order chi connectivity index (χ0) is 18.4. The molecule has 0 saturated heterocycles. The van der Waals surface area contributed by atoms with Crippen molar-refractivity contribution in [2.75, 3.05) is 17.2 Å². The normalized spacial score (nSPS) is 10.4. The van der Waals surface area contributed by atoms with Crippen molar-refractivity contribution in [1.29, 1.82) is 0 Å². The third-order valence-corrected chi connectivity index (χ3v) is 3.79. The highest BCUT2D eigenvalue weighted by Crippen LogP contribution is 2.12. The molecule has 132 valence electrons. The molecule has 0 saturated carbocycles. The van der Waals surface area contributed by atoms with E-state index < -0.39 is 0 Å².